The molecule has 0 spiro atoms. The topological polar surface area (TPSA) is 32.5 Å². The first-order valence-electron chi connectivity index (χ1n) is 6.80. The molecule has 1 heterocycles. The third kappa shape index (κ3) is 6.01. The predicted molar refractivity (Wildman–Crippen MR) is 74.6 cm³/mol. The Morgan fingerprint density at radius 1 is 1.24 bits per heavy atom. The molecular weight excluding hydrogens is 210 g/mol. The van der Waals surface area contributed by atoms with Gasteiger partial charge < -0.3 is 4.90 Å². The van der Waals surface area contributed by atoms with E-state index in [9.17, 15) is 0 Å². The van der Waals surface area contributed by atoms with Gasteiger partial charge in [-0.25, -0.2) is 5.01 Å². The van der Waals surface area contributed by atoms with E-state index in [4.69, 9.17) is 5.84 Å². The molecular formula is C14H27N3. The highest BCUT2D eigenvalue weighted by Crippen LogP contribution is 2.10. The molecule has 17 heavy (non-hydrogen) atoms. The number of rotatable bonds is 6. The van der Waals surface area contributed by atoms with E-state index in [1.807, 2.05) is 5.01 Å². The molecule has 0 bridgehead atoms. The van der Waals surface area contributed by atoms with Crippen molar-refractivity contribution in [3.8, 4) is 0 Å². The summed E-state index contributed by atoms with van der Waals surface area (Å²) in [5.41, 5.74) is 1.48. The van der Waals surface area contributed by atoms with Gasteiger partial charge in [0.1, 0.15) is 0 Å². The molecule has 0 atom stereocenters. The molecule has 0 aromatic heterocycles. The van der Waals surface area contributed by atoms with E-state index in [1.165, 1.54) is 25.0 Å². The smallest absolute Gasteiger partial charge is 0.0257 e. The van der Waals surface area contributed by atoms with Crippen LogP contribution in [0.4, 0.5) is 0 Å². The highest BCUT2D eigenvalue weighted by Gasteiger charge is 2.13. The first-order valence-corrected chi connectivity index (χ1v) is 6.80. The summed E-state index contributed by atoms with van der Waals surface area (Å²) in [5, 5.41) is 1.92. The normalized spacial score (nSPS) is 20.3. The summed E-state index contributed by atoms with van der Waals surface area (Å²) >= 11 is 0. The Hall–Kier alpha value is -0.640. The summed E-state index contributed by atoms with van der Waals surface area (Å²) in [6.07, 6.45) is 10.3. The molecule has 0 aromatic rings. The molecule has 3 nitrogen and oxygen atoms in total. The quantitative estimate of drug-likeness (QED) is 0.567. The van der Waals surface area contributed by atoms with E-state index in [2.05, 4.69) is 37.0 Å². The molecule has 0 aliphatic carbocycles. The number of hydrazine groups is 1. The second kappa shape index (κ2) is 8.45. The van der Waals surface area contributed by atoms with E-state index < -0.39 is 0 Å². The van der Waals surface area contributed by atoms with Gasteiger partial charge in [0.25, 0.3) is 0 Å². The Bertz CT molecular complexity index is 250. The van der Waals surface area contributed by atoms with Crippen LogP contribution in [0.15, 0.2) is 23.8 Å². The van der Waals surface area contributed by atoms with Gasteiger partial charge in [-0.1, -0.05) is 30.7 Å². The summed E-state index contributed by atoms with van der Waals surface area (Å²) < 4.78 is 0. The van der Waals surface area contributed by atoms with Gasteiger partial charge in [0, 0.05) is 26.2 Å². The first-order chi connectivity index (χ1) is 8.26. The van der Waals surface area contributed by atoms with Crippen molar-refractivity contribution in [1.82, 2.24) is 9.91 Å². The zero-order valence-electron chi connectivity index (χ0n) is 11.4. The van der Waals surface area contributed by atoms with Crippen molar-refractivity contribution >= 4 is 0 Å². The van der Waals surface area contributed by atoms with Gasteiger partial charge in [0.2, 0.25) is 0 Å². The van der Waals surface area contributed by atoms with Crippen LogP contribution in [0, 0.1) is 0 Å². The summed E-state index contributed by atoms with van der Waals surface area (Å²) in [7, 11) is 0. The van der Waals surface area contributed by atoms with Crippen molar-refractivity contribution in [2.24, 2.45) is 5.84 Å². The zero-order valence-corrected chi connectivity index (χ0v) is 11.4. The van der Waals surface area contributed by atoms with E-state index in [-0.39, 0.29) is 0 Å². The van der Waals surface area contributed by atoms with E-state index in [0.717, 1.165) is 32.6 Å². The summed E-state index contributed by atoms with van der Waals surface area (Å²) in [6.45, 7) is 9.74. The maximum Gasteiger partial charge on any atom is 0.0257 e. The van der Waals surface area contributed by atoms with Gasteiger partial charge in [-0.15, -0.1) is 0 Å². The molecule has 1 aliphatic rings. The monoisotopic (exact) mass is 237 g/mol. The molecule has 3 heteroatoms. The van der Waals surface area contributed by atoms with E-state index in [0.29, 0.717) is 0 Å². The second-order valence-electron chi connectivity index (χ2n) is 4.67. The Morgan fingerprint density at radius 3 is 2.53 bits per heavy atom. The maximum atomic E-state index is 5.74. The van der Waals surface area contributed by atoms with Gasteiger partial charge in [0.15, 0.2) is 0 Å². The first kappa shape index (κ1) is 14.4. The maximum absolute atomic E-state index is 5.74. The van der Waals surface area contributed by atoms with Crippen molar-refractivity contribution in [3.63, 3.8) is 0 Å². The molecule has 0 aromatic carbocycles. The fourth-order valence-electron chi connectivity index (χ4n) is 2.22. The van der Waals surface area contributed by atoms with Gasteiger partial charge in [-0.05, 0) is 32.7 Å². The summed E-state index contributed by atoms with van der Waals surface area (Å²) in [4.78, 5) is 2.52. The van der Waals surface area contributed by atoms with Crippen molar-refractivity contribution in [2.75, 3.05) is 32.7 Å². The van der Waals surface area contributed by atoms with Crippen LogP contribution in [0.25, 0.3) is 0 Å². The fraction of sp³-hybridized carbons (Fsp3) is 0.714. The van der Waals surface area contributed by atoms with Crippen LogP contribution in [0.5, 0.6) is 0 Å². The van der Waals surface area contributed by atoms with Crippen LogP contribution in [0.2, 0.25) is 0 Å². The molecule has 2 N–H and O–H groups in total. The number of hydrogen-bond donors (Lipinski definition) is 1. The van der Waals surface area contributed by atoms with Crippen molar-refractivity contribution in [3.05, 3.63) is 23.8 Å². The Balaban J connectivity index is 2.20. The lowest BCUT2D eigenvalue weighted by molar-refractivity contribution is 0.133. The molecule has 1 aliphatic heterocycles. The van der Waals surface area contributed by atoms with E-state index in [1.54, 1.807) is 0 Å². The Labute approximate surface area is 106 Å². The molecule has 98 valence electrons. The summed E-state index contributed by atoms with van der Waals surface area (Å²) in [6, 6.07) is 0. The number of nitrogens with zero attached hydrogens (tertiary/aromatic N) is 2. The number of allylic oxidation sites excluding steroid dienone is 4. The number of hydrogen-bond acceptors (Lipinski definition) is 3. The van der Waals surface area contributed by atoms with Crippen LogP contribution in [0.3, 0.4) is 0 Å². The molecule has 0 amide bonds. The minimum absolute atomic E-state index is 1.01. The van der Waals surface area contributed by atoms with Gasteiger partial charge in [-0.2, -0.15) is 0 Å². The average Bonchev–Trinajstić information content (AvgIpc) is 2.32. The number of piperazine rings is 1. The highest BCUT2D eigenvalue weighted by atomic mass is 15.4. The van der Waals surface area contributed by atoms with Gasteiger partial charge in [0.05, 0.1) is 0 Å². The van der Waals surface area contributed by atoms with Crippen LogP contribution < -0.4 is 5.84 Å². The standard InChI is InChI=1S/C14H27N3/c1-3-6-14(7-4-2)8-5-9-16-10-12-17(15)13-11-16/h3,6-7H,4-5,8-13,15H2,1-2H3/b6-3-,14-7+. The van der Waals surface area contributed by atoms with Crippen LogP contribution in [-0.2, 0) is 0 Å². The van der Waals surface area contributed by atoms with Crippen molar-refractivity contribution < 1.29 is 0 Å². The SMILES string of the molecule is C/C=C\C(=C/CC)CCCN1CCN(N)CC1. The zero-order chi connectivity index (χ0) is 12.5. The average molecular weight is 237 g/mol. The minimum Gasteiger partial charge on any atom is -0.301 e. The molecule has 0 radical (unpaired) electrons. The van der Waals surface area contributed by atoms with Crippen molar-refractivity contribution in [2.45, 2.75) is 33.1 Å². The number of nitrogens with two attached hydrogens (primary N) is 1. The van der Waals surface area contributed by atoms with Crippen LogP contribution >= 0.6 is 0 Å². The molecule has 1 rings (SSSR count). The van der Waals surface area contributed by atoms with Gasteiger partial charge >= 0.3 is 0 Å². The molecule has 0 unspecified atom stereocenters. The lowest BCUT2D eigenvalue weighted by Gasteiger charge is -2.31. The summed E-state index contributed by atoms with van der Waals surface area (Å²) in [5.74, 6) is 5.74. The third-order valence-corrected chi connectivity index (χ3v) is 3.19. The fourth-order valence-corrected chi connectivity index (χ4v) is 2.22. The van der Waals surface area contributed by atoms with Crippen LogP contribution in [0.1, 0.15) is 33.1 Å². The lowest BCUT2D eigenvalue weighted by atomic mass is 10.1. The highest BCUT2D eigenvalue weighted by molar-refractivity contribution is 5.17. The van der Waals surface area contributed by atoms with Crippen LogP contribution in [-0.4, -0.2) is 42.6 Å². The molecule has 1 fully saturated rings. The second-order valence-corrected chi connectivity index (χ2v) is 4.67. The Kier molecular flexibility index (Phi) is 7.17. The molecule has 1 saturated heterocycles. The van der Waals surface area contributed by atoms with Crippen molar-refractivity contribution in [1.29, 1.82) is 0 Å². The third-order valence-electron chi connectivity index (χ3n) is 3.19. The predicted octanol–water partition coefficient (Wildman–Crippen LogP) is 2.17. The molecule has 0 saturated carbocycles. The Morgan fingerprint density at radius 2 is 1.94 bits per heavy atom. The minimum atomic E-state index is 1.01. The lowest BCUT2D eigenvalue weighted by Crippen LogP contribution is -2.49. The largest absolute Gasteiger partial charge is 0.301 e. The van der Waals surface area contributed by atoms with Gasteiger partial charge in [-0.3, -0.25) is 5.84 Å². The van der Waals surface area contributed by atoms with E-state index >= 15 is 0 Å².